The Labute approximate surface area is 135 Å². The lowest BCUT2D eigenvalue weighted by Crippen LogP contribution is -2.19. The molecule has 10 heteroatoms. The van der Waals surface area contributed by atoms with Gasteiger partial charge in [-0.15, -0.1) is 0 Å². The number of pyridine rings is 1. The normalized spacial score (nSPS) is 11.2. The summed E-state index contributed by atoms with van der Waals surface area (Å²) in [6.07, 6.45) is 1.64. The van der Waals surface area contributed by atoms with Crippen LogP contribution in [0.25, 0.3) is 11.0 Å². The molecule has 0 aliphatic carbocycles. The van der Waals surface area contributed by atoms with Crippen molar-refractivity contribution in [3.63, 3.8) is 0 Å². The number of anilines is 2. The number of urea groups is 1. The molecule has 3 aromatic rings. The van der Waals surface area contributed by atoms with Gasteiger partial charge in [-0.1, -0.05) is 0 Å². The number of rotatable bonds is 4. The van der Waals surface area contributed by atoms with E-state index in [1.165, 1.54) is 18.6 Å². The highest BCUT2D eigenvalue weighted by atomic mass is 19.3. The number of hydrogen-bond acceptors (Lipinski definition) is 4. The van der Waals surface area contributed by atoms with Gasteiger partial charge in [-0.25, -0.2) is 18.6 Å². The molecule has 0 aliphatic heterocycles. The van der Waals surface area contributed by atoms with Gasteiger partial charge >= 0.3 is 6.03 Å². The molecule has 0 unspecified atom stereocenters. The van der Waals surface area contributed by atoms with Crippen LogP contribution in [0.2, 0.25) is 0 Å². The lowest BCUT2D eigenvalue weighted by molar-refractivity contribution is 0.122. The molecule has 0 radical (unpaired) electrons. The number of fused-ring (bicyclic) bond motifs is 1. The van der Waals surface area contributed by atoms with E-state index in [4.69, 9.17) is 0 Å². The highest BCUT2D eigenvalue weighted by Gasteiger charge is 2.10. The van der Waals surface area contributed by atoms with Gasteiger partial charge in [0.2, 0.25) is 0 Å². The number of hydrogen-bond donors (Lipinski definition) is 2. The maximum absolute atomic E-state index is 12.3. The van der Waals surface area contributed by atoms with Gasteiger partial charge in [0.1, 0.15) is 6.54 Å². The Morgan fingerprint density at radius 2 is 2.04 bits per heavy atom. The van der Waals surface area contributed by atoms with E-state index in [0.29, 0.717) is 17.0 Å². The number of amides is 2. The van der Waals surface area contributed by atoms with E-state index in [1.54, 1.807) is 17.8 Å². The molecule has 0 fully saturated rings. The maximum atomic E-state index is 12.3. The third-order valence-electron chi connectivity index (χ3n) is 3.34. The number of aromatic nitrogens is 5. The summed E-state index contributed by atoms with van der Waals surface area (Å²) in [6.45, 7) is 1.33. The molecule has 0 aromatic carbocycles. The zero-order chi connectivity index (χ0) is 17.3. The van der Waals surface area contributed by atoms with Crippen LogP contribution >= 0.6 is 0 Å². The molecule has 24 heavy (non-hydrogen) atoms. The lowest BCUT2D eigenvalue weighted by atomic mass is 10.2. The first-order chi connectivity index (χ1) is 11.4. The van der Waals surface area contributed by atoms with Crippen LogP contribution in [0.4, 0.5) is 25.0 Å². The Morgan fingerprint density at radius 3 is 2.79 bits per heavy atom. The second-order valence-corrected chi connectivity index (χ2v) is 5.23. The first kappa shape index (κ1) is 15.8. The van der Waals surface area contributed by atoms with E-state index in [9.17, 15) is 13.6 Å². The van der Waals surface area contributed by atoms with E-state index in [1.807, 2.05) is 6.92 Å². The largest absolute Gasteiger partial charge is 0.323 e. The van der Waals surface area contributed by atoms with E-state index in [0.717, 1.165) is 15.8 Å². The van der Waals surface area contributed by atoms with Crippen molar-refractivity contribution >= 4 is 28.4 Å². The minimum Gasteiger partial charge on any atom is -0.306 e. The Balaban J connectivity index is 1.68. The monoisotopic (exact) mass is 335 g/mol. The van der Waals surface area contributed by atoms with Crippen molar-refractivity contribution in [1.82, 2.24) is 24.5 Å². The van der Waals surface area contributed by atoms with Crippen LogP contribution in [0.3, 0.4) is 0 Å². The molecule has 2 N–H and O–H groups in total. The Morgan fingerprint density at radius 1 is 1.29 bits per heavy atom. The molecule has 0 spiro atoms. The smallest absolute Gasteiger partial charge is 0.306 e. The Bertz CT molecular complexity index is 887. The summed E-state index contributed by atoms with van der Waals surface area (Å²) in [5, 5.41) is 14.0. The fraction of sp³-hybridized carbons (Fsp3) is 0.286. The SMILES string of the molecule is Cc1nn(C)c2ncc(NC(=O)Nc3cnn(CC(F)F)c3)cc12. The van der Waals surface area contributed by atoms with Crippen LogP contribution in [-0.2, 0) is 13.6 Å². The molecule has 3 heterocycles. The number of carbonyl (C=O) groups excluding carboxylic acids is 1. The second kappa shape index (κ2) is 6.22. The van der Waals surface area contributed by atoms with Crippen molar-refractivity contribution < 1.29 is 13.6 Å². The van der Waals surface area contributed by atoms with Crippen molar-refractivity contribution in [2.45, 2.75) is 19.9 Å². The van der Waals surface area contributed by atoms with Crippen molar-refractivity contribution in [1.29, 1.82) is 0 Å². The van der Waals surface area contributed by atoms with E-state index in [2.05, 4.69) is 25.8 Å². The lowest BCUT2D eigenvalue weighted by Gasteiger charge is -2.06. The van der Waals surface area contributed by atoms with Crippen LogP contribution < -0.4 is 10.6 Å². The molecule has 0 atom stereocenters. The highest BCUT2D eigenvalue weighted by molar-refractivity contribution is 6.00. The summed E-state index contributed by atoms with van der Waals surface area (Å²) in [5.74, 6) is 0. The first-order valence-electron chi connectivity index (χ1n) is 7.10. The molecule has 0 aliphatic rings. The molecule has 0 bridgehead atoms. The van der Waals surface area contributed by atoms with Gasteiger partial charge in [0.25, 0.3) is 6.43 Å². The van der Waals surface area contributed by atoms with E-state index in [-0.39, 0.29) is 0 Å². The fourth-order valence-corrected chi connectivity index (χ4v) is 2.34. The summed E-state index contributed by atoms with van der Waals surface area (Å²) in [6, 6.07) is 1.25. The molecule has 8 nitrogen and oxygen atoms in total. The fourth-order valence-electron chi connectivity index (χ4n) is 2.34. The molecule has 2 amide bonds. The quantitative estimate of drug-likeness (QED) is 0.766. The number of nitrogens with zero attached hydrogens (tertiary/aromatic N) is 5. The predicted molar refractivity (Wildman–Crippen MR) is 84.1 cm³/mol. The van der Waals surface area contributed by atoms with Crippen LogP contribution in [0.5, 0.6) is 0 Å². The van der Waals surface area contributed by atoms with Gasteiger partial charge in [-0.05, 0) is 13.0 Å². The van der Waals surface area contributed by atoms with Gasteiger partial charge in [0.05, 0.1) is 29.5 Å². The number of halogens is 2. The predicted octanol–water partition coefficient (Wildman–Crippen LogP) is 2.38. The summed E-state index contributed by atoms with van der Waals surface area (Å²) in [5.41, 5.74) is 2.33. The van der Waals surface area contributed by atoms with Crippen LogP contribution in [-0.4, -0.2) is 37.0 Å². The molecular weight excluding hydrogens is 320 g/mol. The van der Waals surface area contributed by atoms with Gasteiger partial charge < -0.3 is 10.6 Å². The average molecular weight is 335 g/mol. The number of nitrogens with one attached hydrogen (secondary N) is 2. The average Bonchev–Trinajstić information content (AvgIpc) is 3.03. The topological polar surface area (TPSA) is 89.7 Å². The highest BCUT2D eigenvalue weighted by Crippen LogP contribution is 2.19. The summed E-state index contributed by atoms with van der Waals surface area (Å²) in [7, 11) is 1.79. The molecule has 126 valence electrons. The summed E-state index contributed by atoms with van der Waals surface area (Å²) in [4.78, 5) is 16.2. The van der Waals surface area contributed by atoms with Crippen molar-refractivity contribution in [3.05, 3.63) is 30.4 Å². The molecule has 3 rings (SSSR count). The molecule has 0 saturated carbocycles. The van der Waals surface area contributed by atoms with Gasteiger partial charge in [0.15, 0.2) is 5.65 Å². The zero-order valence-corrected chi connectivity index (χ0v) is 13.0. The Kier molecular flexibility index (Phi) is 4.11. The minimum atomic E-state index is -2.51. The Hall–Kier alpha value is -3.04. The van der Waals surface area contributed by atoms with Gasteiger partial charge in [0, 0.05) is 18.6 Å². The second-order valence-electron chi connectivity index (χ2n) is 5.23. The third-order valence-corrected chi connectivity index (χ3v) is 3.34. The molecular formula is C14H15F2N7O. The standard InChI is InChI=1S/C14H15F2N7O/c1-8-11-3-9(4-17-13(11)22(2)21-8)19-14(24)20-10-5-18-23(6-10)7-12(15)16/h3-6,12H,7H2,1-2H3,(H2,19,20,24). The van der Waals surface area contributed by atoms with Crippen LogP contribution in [0.1, 0.15) is 5.69 Å². The zero-order valence-electron chi connectivity index (χ0n) is 13.0. The van der Waals surface area contributed by atoms with Gasteiger partial charge in [-0.3, -0.25) is 9.36 Å². The maximum Gasteiger partial charge on any atom is 0.323 e. The van der Waals surface area contributed by atoms with Crippen molar-refractivity contribution in [2.24, 2.45) is 7.05 Å². The number of carbonyl (C=O) groups is 1. The third kappa shape index (κ3) is 3.31. The number of alkyl halides is 2. The summed E-state index contributed by atoms with van der Waals surface area (Å²) < 4.78 is 27.3. The van der Waals surface area contributed by atoms with Crippen LogP contribution in [0.15, 0.2) is 24.7 Å². The van der Waals surface area contributed by atoms with Gasteiger partial charge in [-0.2, -0.15) is 10.2 Å². The minimum absolute atomic E-state index is 0.319. The van der Waals surface area contributed by atoms with Crippen molar-refractivity contribution in [2.75, 3.05) is 10.6 Å². The van der Waals surface area contributed by atoms with Crippen LogP contribution in [0, 0.1) is 6.92 Å². The first-order valence-corrected chi connectivity index (χ1v) is 7.10. The van der Waals surface area contributed by atoms with Crippen molar-refractivity contribution in [3.8, 4) is 0 Å². The van der Waals surface area contributed by atoms with E-state index < -0.39 is 19.0 Å². The molecule has 3 aromatic heterocycles. The molecule has 0 saturated heterocycles. The number of aryl methyl sites for hydroxylation is 2. The van der Waals surface area contributed by atoms with E-state index >= 15 is 0 Å². The summed E-state index contributed by atoms with van der Waals surface area (Å²) >= 11 is 0.